The van der Waals surface area contributed by atoms with Crippen molar-refractivity contribution in [2.24, 2.45) is 5.73 Å². The van der Waals surface area contributed by atoms with E-state index in [0.717, 1.165) is 0 Å². The molecule has 0 saturated heterocycles. The molecule has 4 nitrogen and oxygen atoms in total. The molecule has 2 N–H and O–H groups in total. The summed E-state index contributed by atoms with van der Waals surface area (Å²) in [5.74, 6) is -0.0110. The highest BCUT2D eigenvalue weighted by atomic mass is 35.5. The molecule has 100 valence electrons. The van der Waals surface area contributed by atoms with E-state index >= 15 is 0 Å². The van der Waals surface area contributed by atoms with E-state index in [4.69, 9.17) is 38.6 Å². The quantitative estimate of drug-likeness (QED) is 0.694. The zero-order valence-electron chi connectivity index (χ0n) is 10.1. The molecule has 1 aromatic heterocycles. The molecule has 0 spiro atoms. The minimum atomic E-state index is -0.814. The summed E-state index contributed by atoms with van der Waals surface area (Å²) in [6, 6.07) is 9.95. The maximum Gasteiger partial charge on any atom is 0.259 e. The molecule has 1 aromatic carbocycles. The summed E-state index contributed by atoms with van der Waals surface area (Å²) in [7, 11) is 0. The van der Waals surface area contributed by atoms with Gasteiger partial charge in [-0.15, -0.1) is 0 Å². The first kappa shape index (κ1) is 14.2. The Kier molecular flexibility index (Phi) is 4.14. The Balaban J connectivity index is 2.42. The number of nitrogens with two attached hydrogens (primary N) is 1. The molecule has 2 aromatic rings. The maximum absolute atomic E-state index is 11.0. The summed E-state index contributed by atoms with van der Waals surface area (Å²) < 4.78 is 5.51. The lowest BCUT2D eigenvalue weighted by molar-refractivity contribution is -0.114. The average Bonchev–Trinajstić information content (AvgIpc) is 2.86. The number of nitriles is 1. The number of carbonyl (C=O) groups excluding carboxylic acids is 1. The summed E-state index contributed by atoms with van der Waals surface area (Å²) in [5, 5.41) is 9.77. The van der Waals surface area contributed by atoms with E-state index in [1.807, 2.05) is 0 Å². The van der Waals surface area contributed by atoms with Gasteiger partial charge in [-0.2, -0.15) is 5.26 Å². The Hall–Kier alpha value is -2.22. The molecule has 1 amide bonds. The smallest absolute Gasteiger partial charge is 0.259 e. The first-order chi connectivity index (χ1) is 9.51. The van der Waals surface area contributed by atoms with E-state index in [-0.39, 0.29) is 5.57 Å². The highest BCUT2D eigenvalue weighted by Gasteiger charge is 2.10. The molecule has 0 saturated carbocycles. The second-order valence-electron chi connectivity index (χ2n) is 3.86. The van der Waals surface area contributed by atoms with Crippen LogP contribution in [0.25, 0.3) is 17.4 Å². The minimum Gasteiger partial charge on any atom is -0.457 e. The Bertz CT molecular complexity index is 742. The largest absolute Gasteiger partial charge is 0.457 e. The monoisotopic (exact) mass is 306 g/mol. The fourth-order valence-corrected chi connectivity index (χ4v) is 1.95. The Labute approximate surface area is 125 Å². The van der Waals surface area contributed by atoms with Crippen LogP contribution in [-0.2, 0) is 4.79 Å². The molecule has 20 heavy (non-hydrogen) atoms. The number of furan rings is 1. The normalized spacial score (nSPS) is 11.2. The third-order valence-electron chi connectivity index (χ3n) is 2.49. The van der Waals surface area contributed by atoms with Crippen LogP contribution in [0.3, 0.4) is 0 Å². The molecule has 0 aliphatic rings. The number of hydrogen-bond acceptors (Lipinski definition) is 3. The highest BCUT2D eigenvalue weighted by Crippen LogP contribution is 2.32. The van der Waals surface area contributed by atoms with Crippen LogP contribution in [-0.4, -0.2) is 5.91 Å². The summed E-state index contributed by atoms with van der Waals surface area (Å²) in [6.45, 7) is 0. The number of carbonyl (C=O) groups is 1. The van der Waals surface area contributed by atoms with Gasteiger partial charge in [-0.1, -0.05) is 23.2 Å². The molecule has 0 atom stereocenters. The minimum absolute atomic E-state index is 0.192. The molecule has 0 aliphatic carbocycles. The molecule has 0 fully saturated rings. The van der Waals surface area contributed by atoms with E-state index < -0.39 is 5.91 Å². The summed E-state index contributed by atoms with van der Waals surface area (Å²) in [6.07, 6.45) is 1.27. The van der Waals surface area contributed by atoms with Gasteiger partial charge in [0, 0.05) is 16.7 Å². The Morgan fingerprint density at radius 2 is 2.05 bits per heavy atom. The van der Waals surface area contributed by atoms with Gasteiger partial charge in [0.25, 0.3) is 5.91 Å². The van der Waals surface area contributed by atoms with Crippen molar-refractivity contribution in [1.82, 2.24) is 0 Å². The second-order valence-corrected chi connectivity index (χ2v) is 4.70. The van der Waals surface area contributed by atoms with Crippen molar-refractivity contribution in [2.45, 2.75) is 0 Å². The van der Waals surface area contributed by atoms with Gasteiger partial charge >= 0.3 is 0 Å². The fourth-order valence-electron chi connectivity index (χ4n) is 1.56. The number of rotatable bonds is 3. The van der Waals surface area contributed by atoms with Crippen LogP contribution in [0.5, 0.6) is 0 Å². The van der Waals surface area contributed by atoms with Crippen LogP contribution in [0.2, 0.25) is 10.0 Å². The molecule has 6 heteroatoms. The van der Waals surface area contributed by atoms with Crippen LogP contribution in [0.15, 0.2) is 40.3 Å². The van der Waals surface area contributed by atoms with E-state index in [9.17, 15) is 4.79 Å². The average molecular weight is 307 g/mol. The molecule has 0 aliphatic heterocycles. The van der Waals surface area contributed by atoms with Gasteiger partial charge in [0.05, 0.1) is 5.02 Å². The van der Waals surface area contributed by atoms with Crippen LogP contribution in [0.4, 0.5) is 0 Å². The van der Waals surface area contributed by atoms with Crippen molar-refractivity contribution in [3.63, 3.8) is 0 Å². The van der Waals surface area contributed by atoms with Crippen LogP contribution in [0.1, 0.15) is 5.76 Å². The van der Waals surface area contributed by atoms with E-state index in [2.05, 4.69) is 0 Å². The number of primary amides is 1. The number of benzene rings is 1. The lowest BCUT2D eigenvalue weighted by Crippen LogP contribution is -2.12. The first-order valence-corrected chi connectivity index (χ1v) is 6.23. The lowest BCUT2D eigenvalue weighted by atomic mass is 10.2. The Morgan fingerprint density at radius 3 is 2.70 bits per heavy atom. The standard InChI is InChI=1S/C14H8Cl2N2O2/c15-9-1-3-12(16)11(6-9)13-4-2-10(20-13)5-8(7-17)14(18)19/h1-6H,(H2,18,19)/b8-5-. The lowest BCUT2D eigenvalue weighted by Gasteiger charge is -2.01. The van der Waals surface area contributed by atoms with Crippen molar-refractivity contribution in [2.75, 3.05) is 0 Å². The van der Waals surface area contributed by atoms with Gasteiger partial charge in [0.1, 0.15) is 23.2 Å². The molecule has 0 unspecified atom stereocenters. The zero-order valence-corrected chi connectivity index (χ0v) is 11.6. The second kappa shape index (κ2) is 5.83. The van der Waals surface area contributed by atoms with E-state index in [1.165, 1.54) is 6.08 Å². The van der Waals surface area contributed by atoms with Crippen molar-refractivity contribution in [1.29, 1.82) is 5.26 Å². The molecule has 1 heterocycles. The summed E-state index contributed by atoms with van der Waals surface area (Å²) >= 11 is 12.0. The van der Waals surface area contributed by atoms with Crippen LogP contribution in [0, 0.1) is 11.3 Å². The molecular formula is C14H8Cl2N2O2. The van der Waals surface area contributed by atoms with Crippen molar-refractivity contribution < 1.29 is 9.21 Å². The number of halogens is 2. The van der Waals surface area contributed by atoms with E-state index in [0.29, 0.717) is 27.1 Å². The molecule has 2 rings (SSSR count). The predicted molar refractivity (Wildman–Crippen MR) is 76.9 cm³/mol. The topological polar surface area (TPSA) is 80.0 Å². The van der Waals surface area contributed by atoms with Gasteiger partial charge in [0.2, 0.25) is 0 Å². The first-order valence-electron chi connectivity index (χ1n) is 5.48. The van der Waals surface area contributed by atoms with Crippen molar-refractivity contribution >= 4 is 35.2 Å². The van der Waals surface area contributed by atoms with Gasteiger partial charge in [0.15, 0.2) is 0 Å². The third kappa shape index (κ3) is 3.02. The van der Waals surface area contributed by atoms with Crippen molar-refractivity contribution in [3.8, 4) is 17.4 Å². The third-order valence-corrected chi connectivity index (χ3v) is 3.06. The molecule has 0 radical (unpaired) electrons. The summed E-state index contributed by atoms with van der Waals surface area (Å²) in [4.78, 5) is 11.0. The molecular weight excluding hydrogens is 299 g/mol. The SMILES string of the molecule is N#C/C(=C/c1ccc(-c2cc(Cl)ccc2Cl)o1)C(N)=O. The highest BCUT2D eigenvalue weighted by molar-refractivity contribution is 6.35. The van der Waals surface area contributed by atoms with Gasteiger partial charge in [-0.05, 0) is 30.3 Å². The van der Waals surface area contributed by atoms with E-state index in [1.54, 1.807) is 36.4 Å². The number of nitrogens with zero attached hydrogens (tertiary/aromatic N) is 1. The zero-order chi connectivity index (χ0) is 14.7. The fraction of sp³-hybridized carbons (Fsp3) is 0. The van der Waals surface area contributed by atoms with Crippen molar-refractivity contribution in [3.05, 3.63) is 51.7 Å². The Morgan fingerprint density at radius 1 is 1.30 bits per heavy atom. The van der Waals surface area contributed by atoms with Gasteiger partial charge in [-0.3, -0.25) is 4.79 Å². The van der Waals surface area contributed by atoms with Gasteiger partial charge in [-0.25, -0.2) is 0 Å². The van der Waals surface area contributed by atoms with Crippen LogP contribution < -0.4 is 5.73 Å². The number of amides is 1. The molecule has 0 bridgehead atoms. The number of hydrogen-bond donors (Lipinski definition) is 1. The van der Waals surface area contributed by atoms with Crippen LogP contribution >= 0.6 is 23.2 Å². The van der Waals surface area contributed by atoms with Gasteiger partial charge < -0.3 is 10.2 Å². The summed E-state index contributed by atoms with van der Waals surface area (Å²) in [5.41, 5.74) is 5.48. The predicted octanol–water partition coefficient (Wildman–Crippen LogP) is 3.65. The maximum atomic E-state index is 11.0.